The van der Waals surface area contributed by atoms with Crippen LogP contribution in [0.3, 0.4) is 0 Å². The Bertz CT molecular complexity index is 1250. The molecule has 1 amide bonds. The Kier molecular flexibility index (Phi) is 6.97. The normalized spacial score (nSPS) is 13.5. The number of hydrogen-bond donors (Lipinski definition) is 2. The lowest BCUT2D eigenvalue weighted by molar-refractivity contribution is -0.116. The fraction of sp³-hybridized carbons (Fsp3) is 0.240. The lowest BCUT2D eigenvalue weighted by atomic mass is 10.1. The van der Waals surface area contributed by atoms with Crippen molar-refractivity contribution in [2.75, 3.05) is 5.32 Å². The molecule has 4 rings (SSSR count). The number of rotatable bonds is 8. The van der Waals surface area contributed by atoms with Crippen molar-refractivity contribution in [2.24, 2.45) is 4.99 Å². The van der Waals surface area contributed by atoms with Gasteiger partial charge in [0.15, 0.2) is 3.95 Å². The summed E-state index contributed by atoms with van der Waals surface area (Å²) in [7, 11) is 0. The quantitative estimate of drug-likeness (QED) is 0.287. The molecule has 2 heterocycles. The maximum Gasteiger partial charge on any atom is 0.224 e. The van der Waals surface area contributed by atoms with Crippen LogP contribution in [0.1, 0.15) is 41.7 Å². The second-order valence-electron chi connectivity index (χ2n) is 7.76. The molecule has 32 heavy (non-hydrogen) atoms. The first-order valence-corrected chi connectivity index (χ1v) is 11.9. The van der Waals surface area contributed by atoms with Crippen LogP contribution in [0.4, 0.5) is 11.4 Å². The van der Waals surface area contributed by atoms with Gasteiger partial charge in [0, 0.05) is 36.0 Å². The molecule has 1 aliphatic rings. The van der Waals surface area contributed by atoms with E-state index in [0.717, 1.165) is 52.2 Å². The molecule has 5 nitrogen and oxygen atoms in total. The van der Waals surface area contributed by atoms with Crippen molar-refractivity contribution >= 4 is 58.7 Å². The minimum Gasteiger partial charge on any atom is -0.493 e. The minimum atomic E-state index is 0.0294. The van der Waals surface area contributed by atoms with Gasteiger partial charge in [0.1, 0.15) is 0 Å². The topological polar surface area (TPSA) is 66.6 Å². The number of anilines is 1. The van der Waals surface area contributed by atoms with Crippen molar-refractivity contribution in [2.45, 2.75) is 39.2 Å². The average Bonchev–Trinajstić information content (AvgIpc) is 3.31. The highest BCUT2D eigenvalue weighted by Crippen LogP contribution is 2.35. The summed E-state index contributed by atoms with van der Waals surface area (Å²) >= 11 is 6.88. The van der Waals surface area contributed by atoms with Crippen molar-refractivity contribution in [1.29, 1.82) is 0 Å². The van der Waals surface area contributed by atoms with Crippen LogP contribution in [0.2, 0.25) is 0 Å². The van der Waals surface area contributed by atoms with Gasteiger partial charge in [0.05, 0.1) is 10.6 Å². The SMILES string of the molecule is Cc1ccccc1NC(=O)CCCCCn1c(O)c(/C=C2/C=Nc3ccccc32)sc1=S. The largest absolute Gasteiger partial charge is 0.493 e. The highest BCUT2D eigenvalue weighted by atomic mass is 32.1. The molecule has 0 saturated carbocycles. The van der Waals surface area contributed by atoms with E-state index in [-0.39, 0.29) is 11.8 Å². The zero-order valence-corrected chi connectivity index (χ0v) is 19.5. The van der Waals surface area contributed by atoms with Crippen molar-refractivity contribution in [1.82, 2.24) is 4.57 Å². The van der Waals surface area contributed by atoms with Crippen molar-refractivity contribution in [3.05, 3.63) is 68.5 Å². The third-order valence-electron chi connectivity index (χ3n) is 5.44. The van der Waals surface area contributed by atoms with Gasteiger partial charge in [-0.05, 0) is 55.8 Å². The number of thiazole rings is 1. The Morgan fingerprint density at radius 2 is 1.94 bits per heavy atom. The van der Waals surface area contributed by atoms with Crippen molar-refractivity contribution < 1.29 is 9.90 Å². The molecule has 164 valence electrons. The predicted molar refractivity (Wildman–Crippen MR) is 136 cm³/mol. The number of nitrogens with one attached hydrogen (secondary N) is 1. The number of fused-ring (bicyclic) bond motifs is 1. The Hall–Kier alpha value is -3.03. The number of hydrogen-bond acceptors (Lipinski definition) is 5. The van der Waals surface area contributed by atoms with E-state index < -0.39 is 0 Å². The first kappa shape index (κ1) is 22.2. The Balaban J connectivity index is 1.30. The van der Waals surface area contributed by atoms with Gasteiger partial charge in [0.2, 0.25) is 11.8 Å². The molecule has 1 aromatic heterocycles. The molecule has 0 spiro atoms. The lowest BCUT2D eigenvalue weighted by Crippen LogP contribution is -2.12. The van der Waals surface area contributed by atoms with Crippen LogP contribution in [0.5, 0.6) is 5.88 Å². The van der Waals surface area contributed by atoms with Gasteiger partial charge < -0.3 is 10.4 Å². The number of para-hydroxylation sites is 2. The van der Waals surface area contributed by atoms with Gasteiger partial charge >= 0.3 is 0 Å². The molecule has 7 heteroatoms. The number of nitrogens with zero attached hydrogens (tertiary/aromatic N) is 2. The molecule has 2 N–H and O–H groups in total. The smallest absolute Gasteiger partial charge is 0.224 e. The van der Waals surface area contributed by atoms with Gasteiger partial charge in [-0.15, -0.1) is 11.3 Å². The number of amides is 1. The van der Waals surface area contributed by atoms with Gasteiger partial charge in [-0.25, -0.2) is 0 Å². The number of aryl methyl sites for hydroxylation is 1. The van der Waals surface area contributed by atoms with Crippen molar-refractivity contribution in [3.8, 4) is 5.88 Å². The third-order valence-corrected chi connectivity index (χ3v) is 6.83. The average molecular weight is 464 g/mol. The molecular weight excluding hydrogens is 438 g/mol. The number of benzene rings is 2. The van der Waals surface area contributed by atoms with E-state index in [1.807, 2.05) is 67.7 Å². The molecule has 0 fully saturated rings. The number of allylic oxidation sites excluding steroid dienone is 1. The van der Waals surface area contributed by atoms with Crippen molar-refractivity contribution in [3.63, 3.8) is 0 Å². The summed E-state index contributed by atoms with van der Waals surface area (Å²) in [4.78, 5) is 17.3. The summed E-state index contributed by atoms with van der Waals surface area (Å²) in [5.41, 5.74) is 4.89. The monoisotopic (exact) mass is 463 g/mol. The fourth-order valence-corrected chi connectivity index (χ4v) is 4.97. The highest BCUT2D eigenvalue weighted by molar-refractivity contribution is 7.73. The second kappa shape index (κ2) is 10.1. The molecule has 0 bridgehead atoms. The summed E-state index contributed by atoms with van der Waals surface area (Å²) in [5, 5.41) is 13.7. The van der Waals surface area contributed by atoms with Gasteiger partial charge in [-0.1, -0.05) is 42.8 Å². The molecule has 0 radical (unpaired) electrons. The molecule has 0 aliphatic carbocycles. The highest BCUT2D eigenvalue weighted by Gasteiger charge is 2.15. The number of unbranched alkanes of at least 4 members (excludes halogenated alkanes) is 2. The summed E-state index contributed by atoms with van der Waals surface area (Å²) in [6.07, 6.45) is 6.76. The maximum atomic E-state index is 12.2. The molecule has 0 atom stereocenters. The number of aromatic hydroxyl groups is 1. The zero-order chi connectivity index (χ0) is 22.5. The van der Waals surface area contributed by atoms with Crippen LogP contribution in [0.15, 0.2) is 53.5 Å². The van der Waals surface area contributed by atoms with Crippen LogP contribution in [0, 0.1) is 10.9 Å². The fourth-order valence-electron chi connectivity index (χ4n) is 3.66. The predicted octanol–water partition coefficient (Wildman–Crippen LogP) is 6.75. The van der Waals surface area contributed by atoms with E-state index in [0.29, 0.717) is 16.9 Å². The van der Waals surface area contributed by atoms with E-state index in [4.69, 9.17) is 12.2 Å². The standard InChI is InChI=1S/C25H25N3O2S2/c1-17-9-4-6-11-20(17)27-23(29)13-3-2-8-14-28-24(30)22(32-25(28)31)15-18-16-26-21-12-7-5-10-19(18)21/h4-7,9-12,15-16,30H,2-3,8,13-14H2,1H3,(H,27,29)/b18-15-. The number of aromatic nitrogens is 1. The minimum absolute atomic E-state index is 0.0294. The lowest BCUT2D eigenvalue weighted by Gasteiger charge is -2.08. The molecule has 0 unspecified atom stereocenters. The van der Waals surface area contributed by atoms with Gasteiger partial charge in [0.25, 0.3) is 0 Å². The van der Waals surface area contributed by atoms with Gasteiger partial charge in [-0.2, -0.15) is 0 Å². The summed E-state index contributed by atoms with van der Waals surface area (Å²) in [5.74, 6) is 0.226. The summed E-state index contributed by atoms with van der Waals surface area (Å²) in [6.45, 7) is 2.61. The van der Waals surface area contributed by atoms with Crippen LogP contribution in [-0.2, 0) is 11.3 Å². The van der Waals surface area contributed by atoms with Crippen LogP contribution >= 0.6 is 23.6 Å². The van der Waals surface area contributed by atoms with Crippen LogP contribution < -0.4 is 5.32 Å². The summed E-state index contributed by atoms with van der Waals surface area (Å²) in [6, 6.07) is 15.7. The molecule has 1 aliphatic heterocycles. The summed E-state index contributed by atoms with van der Waals surface area (Å²) < 4.78 is 2.42. The van der Waals surface area contributed by atoms with Crippen LogP contribution in [-0.4, -0.2) is 21.8 Å². The number of carbonyl (C=O) groups is 1. The van der Waals surface area contributed by atoms with E-state index in [1.54, 1.807) is 4.57 Å². The van der Waals surface area contributed by atoms with E-state index >= 15 is 0 Å². The third kappa shape index (κ3) is 5.06. The Labute approximate surface area is 196 Å². The van der Waals surface area contributed by atoms with Gasteiger partial charge in [-0.3, -0.25) is 14.4 Å². The number of aliphatic imine (C=N–C) groups is 1. The van der Waals surface area contributed by atoms with E-state index in [2.05, 4.69) is 10.3 Å². The Morgan fingerprint density at radius 1 is 1.16 bits per heavy atom. The van der Waals surface area contributed by atoms with E-state index in [9.17, 15) is 9.90 Å². The molecule has 2 aromatic carbocycles. The molecule has 3 aromatic rings. The second-order valence-corrected chi connectivity index (χ2v) is 9.43. The van der Waals surface area contributed by atoms with E-state index in [1.165, 1.54) is 11.3 Å². The Morgan fingerprint density at radius 3 is 2.78 bits per heavy atom. The first-order valence-electron chi connectivity index (χ1n) is 10.7. The first-order chi connectivity index (χ1) is 15.5. The molecular formula is C25H25N3O2S2. The zero-order valence-electron chi connectivity index (χ0n) is 17.9. The number of carbonyl (C=O) groups excluding carboxylic acids is 1. The maximum absolute atomic E-state index is 12.2. The van der Waals surface area contributed by atoms with Crippen LogP contribution in [0.25, 0.3) is 11.6 Å². The molecule has 0 saturated heterocycles.